The minimum absolute atomic E-state index is 0.192. The molecular weight excluding hydrogens is 514 g/mol. The summed E-state index contributed by atoms with van der Waals surface area (Å²) in [5, 5.41) is 0. The van der Waals surface area contributed by atoms with Crippen molar-refractivity contribution in [3.8, 4) is 0 Å². The van der Waals surface area contributed by atoms with E-state index in [0.717, 1.165) is 25.7 Å². The Morgan fingerprint density at radius 3 is 0.878 bits per heavy atom. The Balaban J connectivity index is 3.83. The third-order valence-corrected chi connectivity index (χ3v) is 8.03. The third kappa shape index (κ3) is 25.8. The molecule has 41 heavy (non-hydrogen) atoms. The highest BCUT2D eigenvalue weighted by molar-refractivity contribution is 5.87. The van der Waals surface area contributed by atoms with Crippen LogP contribution in [-0.4, -0.2) is 23.6 Å². The molecule has 2 N–H and O–H groups in total. The Morgan fingerprint density at radius 2 is 0.659 bits per heavy atom. The number of hydrogen-bond donors (Lipinski definition) is 1. The molecule has 0 radical (unpaired) electrons. The van der Waals surface area contributed by atoms with Gasteiger partial charge in [-0.3, -0.25) is 14.4 Å². The van der Waals surface area contributed by atoms with Crippen molar-refractivity contribution in [1.82, 2.24) is 0 Å². The lowest BCUT2D eigenvalue weighted by Gasteiger charge is -2.25. The van der Waals surface area contributed by atoms with Crippen LogP contribution in [0.4, 0.5) is 0 Å². The van der Waals surface area contributed by atoms with E-state index in [9.17, 15) is 14.4 Å². The summed E-state index contributed by atoms with van der Waals surface area (Å²) in [6, 6.07) is 0. The first kappa shape index (κ1) is 39.4. The van der Waals surface area contributed by atoms with E-state index >= 15 is 0 Å². The Morgan fingerprint density at radius 1 is 0.439 bits per heavy atom. The number of ether oxygens (including phenoxy) is 2. The normalized spacial score (nSPS) is 11.5. The van der Waals surface area contributed by atoms with E-state index in [1.165, 1.54) is 135 Å². The maximum absolute atomic E-state index is 12.3. The second kappa shape index (κ2) is 28.5. The van der Waals surface area contributed by atoms with Crippen molar-refractivity contribution in [2.24, 2.45) is 5.73 Å². The number of carbonyl (C=O) groups is 3. The molecule has 0 aliphatic heterocycles. The summed E-state index contributed by atoms with van der Waals surface area (Å²) in [4.78, 5) is 36.6. The van der Waals surface area contributed by atoms with Crippen LogP contribution in [0.2, 0.25) is 0 Å². The minimum atomic E-state index is -2.04. The van der Waals surface area contributed by atoms with Gasteiger partial charge in [-0.2, -0.15) is 0 Å². The lowest BCUT2D eigenvalue weighted by Crippen LogP contribution is -2.48. The van der Waals surface area contributed by atoms with E-state index in [1.807, 2.05) is 0 Å². The van der Waals surface area contributed by atoms with Crippen molar-refractivity contribution in [2.75, 3.05) is 0 Å². The molecule has 0 aromatic carbocycles. The van der Waals surface area contributed by atoms with Gasteiger partial charge in [0.05, 0.1) is 0 Å². The standard InChI is InChI=1S/C35H67NO5/c1-4-6-8-10-12-14-16-18-20-22-24-26-28-30-32(37)40-35(3,34(36)39)41-33(38)31-29-27-25-23-21-19-17-15-13-11-9-7-5-2/h4-31H2,1-3H3,(H2,36,39). The molecular formula is C35H67NO5. The number of carbonyl (C=O) groups excluding carboxylic acids is 3. The van der Waals surface area contributed by atoms with Crippen LogP contribution in [0, 0.1) is 0 Å². The van der Waals surface area contributed by atoms with Gasteiger partial charge >= 0.3 is 23.6 Å². The Hall–Kier alpha value is -1.59. The summed E-state index contributed by atoms with van der Waals surface area (Å²) in [6.07, 6.45) is 32.1. The van der Waals surface area contributed by atoms with Crippen LogP contribution < -0.4 is 5.73 Å². The molecule has 0 aliphatic carbocycles. The van der Waals surface area contributed by atoms with E-state index in [0.29, 0.717) is 12.8 Å². The van der Waals surface area contributed by atoms with Crippen LogP contribution >= 0.6 is 0 Å². The first-order valence-corrected chi connectivity index (χ1v) is 17.6. The van der Waals surface area contributed by atoms with Gasteiger partial charge in [0.15, 0.2) is 0 Å². The Bertz CT molecular complexity index is 592. The fraction of sp³-hybridized carbons (Fsp3) is 0.914. The fourth-order valence-electron chi connectivity index (χ4n) is 5.23. The van der Waals surface area contributed by atoms with Gasteiger partial charge in [-0.1, -0.05) is 168 Å². The van der Waals surface area contributed by atoms with Gasteiger partial charge in [0.2, 0.25) is 0 Å². The highest BCUT2D eigenvalue weighted by Gasteiger charge is 2.39. The number of primary amides is 1. The second-order valence-electron chi connectivity index (χ2n) is 12.2. The molecule has 1 amide bonds. The van der Waals surface area contributed by atoms with Crippen molar-refractivity contribution in [2.45, 2.75) is 206 Å². The van der Waals surface area contributed by atoms with E-state index < -0.39 is 23.6 Å². The molecule has 0 aliphatic rings. The quantitative estimate of drug-likeness (QED) is 0.0499. The van der Waals surface area contributed by atoms with Gasteiger partial charge in [0.1, 0.15) is 0 Å². The maximum Gasteiger partial charge on any atom is 0.333 e. The van der Waals surface area contributed by atoms with Crippen molar-refractivity contribution in [3.05, 3.63) is 0 Å². The largest absolute Gasteiger partial charge is 0.413 e. The molecule has 0 spiro atoms. The lowest BCUT2D eigenvalue weighted by molar-refractivity contribution is -0.220. The minimum Gasteiger partial charge on any atom is -0.413 e. The SMILES string of the molecule is CCCCCCCCCCCCCCCC(=O)OC(C)(OC(=O)CCCCCCCCCCCCCCC)C(N)=O. The molecule has 242 valence electrons. The van der Waals surface area contributed by atoms with Crippen LogP contribution in [0.25, 0.3) is 0 Å². The Labute approximate surface area is 253 Å². The molecule has 0 atom stereocenters. The van der Waals surface area contributed by atoms with Crippen molar-refractivity contribution in [1.29, 1.82) is 0 Å². The number of hydrogen-bond acceptors (Lipinski definition) is 5. The molecule has 0 saturated heterocycles. The zero-order valence-electron chi connectivity index (χ0n) is 27.4. The smallest absolute Gasteiger partial charge is 0.333 e. The fourth-order valence-corrected chi connectivity index (χ4v) is 5.23. The van der Waals surface area contributed by atoms with Crippen LogP contribution in [0.3, 0.4) is 0 Å². The number of unbranched alkanes of at least 4 members (excludes halogenated alkanes) is 24. The van der Waals surface area contributed by atoms with Crippen LogP contribution in [0.15, 0.2) is 0 Å². The van der Waals surface area contributed by atoms with E-state index in [-0.39, 0.29) is 12.8 Å². The maximum atomic E-state index is 12.3. The predicted octanol–water partition coefficient (Wildman–Crippen LogP) is 10.2. The molecule has 0 saturated carbocycles. The van der Waals surface area contributed by atoms with Gasteiger partial charge in [0.25, 0.3) is 0 Å². The average molecular weight is 582 g/mol. The molecule has 0 unspecified atom stereocenters. The molecule has 6 heteroatoms. The number of esters is 2. The summed E-state index contributed by atoms with van der Waals surface area (Å²) in [5.41, 5.74) is 5.42. The number of nitrogens with two attached hydrogens (primary N) is 1. The first-order chi connectivity index (χ1) is 19.9. The van der Waals surface area contributed by atoms with Gasteiger partial charge < -0.3 is 15.2 Å². The summed E-state index contributed by atoms with van der Waals surface area (Å²) in [7, 11) is 0. The van der Waals surface area contributed by atoms with Gasteiger partial charge in [-0.15, -0.1) is 0 Å². The van der Waals surface area contributed by atoms with E-state index in [1.54, 1.807) is 0 Å². The van der Waals surface area contributed by atoms with Crippen LogP contribution in [-0.2, 0) is 23.9 Å². The first-order valence-electron chi connectivity index (χ1n) is 17.6. The molecule has 0 rings (SSSR count). The highest BCUT2D eigenvalue weighted by Crippen LogP contribution is 2.19. The zero-order chi connectivity index (χ0) is 30.4. The average Bonchev–Trinajstić information content (AvgIpc) is 2.93. The van der Waals surface area contributed by atoms with E-state index in [4.69, 9.17) is 15.2 Å². The van der Waals surface area contributed by atoms with Crippen molar-refractivity contribution < 1.29 is 23.9 Å². The highest BCUT2D eigenvalue weighted by atomic mass is 16.7. The van der Waals surface area contributed by atoms with E-state index in [2.05, 4.69) is 13.8 Å². The Kier molecular flexibility index (Phi) is 27.4. The van der Waals surface area contributed by atoms with Crippen molar-refractivity contribution in [3.63, 3.8) is 0 Å². The summed E-state index contributed by atoms with van der Waals surface area (Å²) >= 11 is 0. The summed E-state index contributed by atoms with van der Waals surface area (Å²) < 4.78 is 10.5. The van der Waals surface area contributed by atoms with Gasteiger partial charge in [-0.05, 0) is 12.8 Å². The summed E-state index contributed by atoms with van der Waals surface area (Å²) in [5.74, 6) is -4.11. The zero-order valence-corrected chi connectivity index (χ0v) is 27.4. The van der Waals surface area contributed by atoms with Crippen LogP contribution in [0.1, 0.15) is 201 Å². The molecule has 0 bridgehead atoms. The molecule has 0 fully saturated rings. The van der Waals surface area contributed by atoms with Crippen LogP contribution in [0.5, 0.6) is 0 Å². The third-order valence-electron chi connectivity index (χ3n) is 8.03. The molecule has 0 heterocycles. The number of amides is 1. The predicted molar refractivity (Wildman–Crippen MR) is 170 cm³/mol. The monoisotopic (exact) mass is 582 g/mol. The lowest BCUT2D eigenvalue weighted by atomic mass is 10.0. The van der Waals surface area contributed by atoms with Gasteiger partial charge in [-0.25, -0.2) is 0 Å². The number of rotatable bonds is 31. The second-order valence-corrected chi connectivity index (χ2v) is 12.2. The summed E-state index contributed by atoms with van der Waals surface area (Å²) in [6.45, 7) is 5.76. The van der Waals surface area contributed by atoms with Crippen molar-refractivity contribution >= 4 is 17.8 Å². The molecule has 6 nitrogen and oxygen atoms in total. The molecule has 0 aromatic heterocycles. The topological polar surface area (TPSA) is 95.7 Å². The molecule has 0 aromatic rings. The van der Waals surface area contributed by atoms with Gasteiger partial charge in [0, 0.05) is 19.8 Å².